The first-order valence-corrected chi connectivity index (χ1v) is 43.5. The standard InChI is InChI=1S/3C40H24N2O/c1-3-11-29(30-12-4-2-10-28(30)26-18-20-38-36(24-26)32-14-7-8-16-37(32)43-38)27(9-1)25-17-19-34-35(23-25)31-13-5-6-15-33(31)39-40(34)42-22-21-41-39;1-2-13-33-31(11-1)35-23-29(15-17-34(35)40-39(33)41-19-20-42-40)27-9-5-7-25(21-27)26-8-6-10-28(22-26)30-16-18-38-36(24-30)32-12-3-4-14-37(32)43-38;1-2-8-30(28-18-20-38-36(24-28)32-10-5-6-12-37(32)43-38)29(7-1)26-15-13-25(14-16-26)27-17-19-34-35(23-27)31-9-3-4-11-33(31)39-40(34)42-22-21-41-39/h3*1-24H. The smallest absolute Gasteiger partial charge is 0.135 e. The second-order valence-electron chi connectivity index (χ2n) is 33.0. The van der Waals surface area contributed by atoms with Crippen LogP contribution in [0.2, 0.25) is 0 Å². The molecule has 0 aliphatic heterocycles. The maximum absolute atomic E-state index is 6.12. The molecule has 0 amide bonds. The fourth-order valence-corrected chi connectivity index (χ4v) is 19.6. The number of rotatable bonds is 9. The molecule has 0 spiro atoms. The van der Waals surface area contributed by atoms with E-state index in [-0.39, 0.29) is 0 Å². The Kier molecular flexibility index (Phi) is 17.7. The van der Waals surface area contributed by atoms with E-state index in [0.717, 1.165) is 131 Å². The molecule has 129 heavy (non-hydrogen) atoms. The Morgan fingerprint density at radius 3 is 0.682 bits per heavy atom. The molecular weight excluding hydrogens is 1570 g/mol. The van der Waals surface area contributed by atoms with Crippen molar-refractivity contribution in [3.63, 3.8) is 0 Å². The largest absolute Gasteiger partial charge is 0.456 e. The van der Waals surface area contributed by atoms with Gasteiger partial charge < -0.3 is 13.3 Å². The number of benzene rings is 21. The molecule has 21 aromatic carbocycles. The molecule has 9 nitrogen and oxygen atoms in total. The highest BCUT2D eigenvalue weighted by Crippen LogP contribution is 2.46. The average Bonchev–Trinajstić information content (AvgIpc) is 1.61. The van der Waals surface area contributed by atoms with Crippen LogP contribution in [0.1, 0.15) is 0 Å². The summed E-state index contributed by atoms with van der Waals surface area (Å²) in [7, 11) is 0. The highest BCUT2D eigenvalue weighted by atomic mass is 16.3. The number of para-hydroxylation sites is 3. The molecule has 9 heteroatoms. The zero-order chi connectivity index (χ0) is 85.0. The fourth-order valence-electron chi connectivity index (χ4n) is 19.6. The van der Waals surface area contributed by atoms with Gasteiger partial charge in [0.25, 0.3) is 0 Å². The first kappa shape index (κ1) is 74.2. The summed E-state index contributed by atoms with van der Waals surface area (Å²) < 4.78 is 18.3. The number of furan rings is 3. The first-order chi connectivity index (χ1) is 63.9. The average molecular weight is 1650 g/mol. The minimum Gasteiger partial charge on any atom is -0.456 e. The van der Waals surface area contributed by atoms with Crippen molar-refractivity contribution in [2.24, 2.45) is 0 Å². The van der Waals surface area contributed by atoms with Crippen molar-refractivity contribution < 1.29 is 13.3 Å². The van der Waals surface area contributed by atoms with Crippen molar-refractivity contribution in [2.75, 3.05) is 0 Å². The summed E-state index contributed by atoms with van der Waals surface area (Å²) in [5, 5.41) is 20.7. The van der Waals surface area contributed by atoms with E-state index in [1.165, 1.54) is 132 Å². The van der Waals surface area contributed by atoms with Gasteiger partial charge in [-0.25, -0.2) is 0 Å². The summed E-state index contributed by atoms with van der Waals surface area (Å²) in [5.41, 5.74) is 32.4. The molecule has 0 fully saturated rings. The molecule has 0 saturated heterocycles. The van der Waals surface area contributed by atoms with Gasteiger partial charge in [-0.3, -0.25) is 29.9 Å². The highest BCUT2D eigenvalue weighted by molar-refractivity contribution is 6.26. The van der Waals surface area contributed by atoms with Gasteiger partial charge in [-0.2, -0.15) is 0 Å². The molecule has 0 atom stereocenters. The molecule has 0 radical (unpaired) electrons. The first-order valence-electron chi connectivity index (χ1n) is 43.5. The van der Waals surface area contributed by atoms with Gasteiger partial charge in [0.2, 0.25) is 0 Å². The van der Waals surface area contributed by atoms with E-state index in [1.54, 1.807) is 37.2 Å². The summed E-state index contributed by atoms with van der Waals surface area (Å²) in [4.78, 5) is 28.2. The van der Waals surface area contributed by atoms with Crippen molar-refractivity contribution in [3.8, 4) is 100 Å². The van der Waals surface area contributed by atoms with E-state index < -0.39 is 0 Å². The van der Waals surface area contributed by atoms with Crippen LogP contribution in [0.3, 0.4) is 0 Å². The monoisotopic (exact) mass is 1640 g/mol. The minimum absolute atomic E-state index is 0.906. The minimum atomic E-state index is 0.906. The van der Waals surface area contributed by atoms with Crippen LogP contribution in [0.4, 0.5) is 0 Å². The van der Waals surface area contributed by atoms with Gasteiger partial charge in [0.1, 0.15) is 33.5 Å². The molecule has 0 aliphatic carbocycles. The summed E-state index contributed by atoms with van der Waals surface area (Å²) in [6.45, 7) is 0. The fraction of sp³-hybridized carbons (Fsp3) is 0. The predicted octanol–water partition coefficient (Wildman–Crippen LogP) is 32.5. The van der Waals surface area contributed by atoms with Crippen molar-refractivity contribution >= 4 is 164 Å². The number of fused-ring (bicyclic) bond motifs is 27. The Balaban J connectivity index is 0.000000105. The Morgan fingerprint density at radius 2 is 0.326 bits per heavy atom. The quantitative estimate of drug-likeness (QED) is 0.130. The number of hydrogen-bond acceptors (Lipinski definition) is 9. The summed E-state index contributed by atoms with van der Waals surface area (Å²) in [6.07, 6.45) is 10.6. The van der Waals surface area contributed by atoms with Crippen molar-refractivity contribution in [1.29, 1.82) is 0 Å². The van der Waals surface area contributed by atoms with E-state index in [0.29, 0.717) is 0 Å². The third-order valence-corrected chi connectivity index (χ3v) is 25.7. The Labute approximate surface area is 739 Å². The van der Waals surface area contributed by atoms with Gasteiger partial charge >= 0.3 is 0 Å². The predicted molar refractivity (Wildman–Crippen MR) is 534 cm³/mol. The maximum atomic E-state index is 6.12. The van der Waals surface area contributed by atoms with E-state index in [4.69, 9.17) is 33.2 Å². The third kappa shape index (κ3) is 12.9. The molecule has 27 aromatic rings. The van der Waals surface area contributed by atoms with Crippen LogP contribution in [0, 0.1) is 0 Å². The molecule has 0 bridgehead atoms. The van der Waals surface area contributed by atoms with Gasteiger partial charge in [0, 0.05) is 102 Å². The van der Waals surface area contributed by atoms with Crippen molar-refractivity contribution in [1.82, 2.24) is 29.9 Å². The van der Waals surface area contributed by atoms with Gasteiger partial charge in [0.05, 0.1) is 33.1 Å². The summed E-state index contributed by atoms with van der Waals surface area (Å²) in [6, 6.07) is 142. The zero-order valence-electron chi connectivity index (χ0n) is 69.5. The molecule has 27 rings (SSSR count). The van der Waals surface area contributed by atoms with Gasteiger partial charge in [-0.15, -0.1) is 0 Å². The van der Waals surface area contributed by atoms with Crippen LogP contribution in [-0.2, 0) is 0 Å². The second kappa shape index (κ2) is 30.8. The Hall–Kier alpha value is -17.4. The van der Waals surface area contributed by atoms with E-state index >= 15 is 0 Å². The maximum Gasteiger partial charge on any atom is 0.135 e. The van der Waals surface area contributed by atoms with Crippen LogP contribution in [-0.4, -0.2) is 29.9 Å². The van der Waals surface area contributed by atoms with Crippen LogP contribution in [0.5, 0.6) is 0 Å². The van der Waals surface area contributed by atoms with Crippen LogP contribution < -0.4 is 0 Å². The summed E-state index contributed by atoms with van der Waals surface area (Å²) in [5.74, 6) is 0. The second-order valence-corrected chi connectivity index (χ2v) is 33.0. The molecule has 6 aromatic heterocycles. The lowest BCUT2D eigenvalue weighted by molar-refractivity contribution is 0.668. The molecule has 0 aliphatic rings. The van der Waals surface area contributed by atoms with Crippen molar-refractivity contribution in [2.45, 2.75) is 0 Å². The topological polar surface area (TPSA) is 117 Å². The van der Waals surface area contributed by atoms with Gasteiger partial charge in [0.15, 0.2) is 0 Å². The van der Waals surface area contributed by atoms with Crippen LogP contribution in [0.25, 0.3) is 264 Å². The lowest BCUT2D eigenvalue weighted by Crippen LogP contribution is -1.91. The normalized spacial score (nSPS) is 11.7. The van der Waals surface area contributed by atoms with E-state index in [1.807, 2.05) is 36.4 Å². The van der Waals surface area contributed by atoms with Gasteiger partial charge in [-0.05, 0) is 217 Å². The van der Waals surface area contributed by atoms with Crippen LogP contribution >= 0.6 is 0 Å². The number of nitrogens with zero attached hydrogens (tertiary/aromatic N) is 6. The Morgan fingerprint density at radius 1 is 0.116 bits per heavy atom. The van der Waals surface area contributed by atoms with E-state index in [2.05, 4.69) is 374 Å². The SMILES string of the molecule is c1cc(-c2cccc(-c3ccc4c(c3)c3ccccc3c3nccnc43)c2)cc(-c2ccc3oc4ccccc4c3c2)c1.c1ccc(-c2ccc3oc4ccccc4c3c2)c(-c2ccc(-c3ccc4c(c3)c3ccccc3c3nccnc43)cc2)c1.c1ccc(-c2ccccc2-c2ccc3c(c2)c2ccccc2c2nccnc32)c(-c2ccc3oc4ccccc4c3c2)c1. The number of aromatic nitrogens is 6. The number of hydrogen-bond donors (Lipinski definition) is 0. The molecule has 6 heterocycles. The molecule has 600 valence electrons. The molecule has 0 saturated carbocycles. The zero-order valence-corrected chi connectivity index (χ0v) is 69.5. The molecular formula is C120H72N6O3. The molecule has 0 N–H and O–H groups in total. The van der Waals surface area contributed by atoms with Gasteiger partial charge in [-0.1, -0.05) is 315 Å². The van der Waals surface area contributed by atoms with E-state index in [9.17, 15) is 0 Å². The Bertz CT molecular complexity index is 9140. The third-order valence-electron chi connectivity index (χ3n) is 25.7. The van der Waals surface area contributed by atoms with Crippen LogP contribution in [0.15, 0.2) is 451 Å². The lowest BCUT2D eigenvalue weighted by Gasteiger charge is -2.16. The van der Waals surface area contributed by atoms with Crippen molar-refractivity contribution in [3.05, 3.63) is 438 Å². The summed E-state index contributed by atoms with van der Waals surface area (Å²) >= 11 is 0. The highest BCUT2D eigenvalue weighted by Gasteiger charge is 2.21. The molecule has 0 unspecified atom stereocenters. The lowest BCUT2D eigenvalue weighted by atomic mass is 9.88.